The highest BCUT2D eigenvalue weighted by Gasteiger charge is 2.06. The van der Waals surface area contributed by atoms with E-state index in [9.17, 15) is 4.79 Å². The lowest BCUT2D eigenvalue weighted by atomic mass is 10.2. The molecule has 1 aromatic rings. The molecule has 0 radical (unpaired) electrons. The molecule has 1 rings (SSSR count). The molecule has 0 bridgehead atoms. The standard InChI is InChI=1S/C13H19ClN2O/c1-4-10(3)16-13(17)8-15-12-6-5-11(14)7-9(12)2/h5-7,10,15H,4,8H2,1-3H3,(H,16,17). The van der Waals surface area contributed by atoms with E-state index in [1.165, 1.54) is 0 Å². The smallest absolute Gasteiger partial charge is 0.239 e. The van der Waals surface area contributed by atoms with Gasteiger partial charge in [0.2, 0.25) is 5.91 Å². The van der Waals surface area contributed by atoms with Crippen LogP contribution in [-0.4, -0.2) is 18.5 Å². The quantitative estimate of drug-likeness (QED) is 0.848. The third-order valence-corrected chi connectivity index (χ3v) is 2.88. The Labute approximate surface area is 108 Å². The Morgan fingerprint density at radius 3 is 2.76 bits per heavy atom. The topological polar surface area (TPSA) is 41.1 Å². The maximum absolute atomic E-state index is 11.6. The van der Waals surface area contributed by atoms with Crippen LogP contribution in [0.3, 0.4) is 0 Å². The van der Waals surface area contributed by atoms with Crippen LogP contribution in [0.5, 0.6) is 0 Å². The first kappa shape index (κ1) is 13.8. The van der Waals surface area contributed by atoms with Crippen molar-refractivity contribution in [1.82, 2.24) is 5.32 Å². The Morgan fingerprint density at radius 1 is 1.47 bits per heavy atom. The summed E-state index contributed by atoms with van der Waals surface area (Å²) in [7, 11) is 0. The summed E-state index contributed by atoms with van der Waals surface area (Å²) >= 11 is 5.86. The van der Waals surface area contributed by atoms with E-state index in [-0.39, 0.29) is 18.5 Å². The van der Waals surface area contributed by atoms with Gasteiger partial charge >= 0.3 is 0 Å². The number of hydrogen-bond acceptors (Lipinski definition) is 2. The van der Waals surface area contributed by atoms with Crippen LogP contribution in [-0.2, 0) is 4.79 Å². The first-order chi connectivity index (χ1) is 8.02. The average Bonchev–Trinajstić information content (AvgIpc) is 2.27. The molecule has 0 aliphatic carbocycles. The first-order valence-corrected chi connectivity index (χ1v) is 6.20. The Hall–Kier alpha value is -1.22. The van der Waals surface area contributed by atoms with Crippen molar-refractivity contribution in [2.24, 2.45) is 0 Å². The van der Waals surface area contributed by atoms with Crippen molar-refractivity contribution in [3.05, 3.63) is 28.8 Å². The fourth-order valence-corrected chi connectivity index (χ4v) is 1.66. The Kier molecular flexibility index (Phi) is 5.29. The van der Waals surface area contributed by atoms with E-state index in [1.807, 2.05) is 39.0 Å². The van der Waals surface area contributed by atoms with Gasteiger partial charge in [-0.2, -0.15) is 0 Å². The molecule has 94 valence electrons. The summed E-state index contributed by atoms with van der Waals surface area (Å²) in [6.07, 6.45) is 0.936. The number of rotatable bonds is 5. The number of hydrogen-bond donors (Lipinski definition) is 2. The summed E-state index contributed by atoms with van der Waals surface area (Å²) in [5, 5.41) is 6.71. The van der Waals surface area contributed by atoms with Gasteiger partial charge in [0.05, 0.1) is 6.54 Å². The van der Waals surface area contributed by atoms with Gasteiger partial charge in [-0.25, -0.2) is 0 Å². The van der Waals surface area contributed by atoms with Crippen molar-refractivity contribution < 1.29 is 4.79 Å². The Balaban J connectivity index is 2.47. The van der Waals surface area contributed by atoms with E-state index in [1.54, 1.807) is 0 Å². The van der Waals surface area contributed by atoms with E-state index in [4.69, 9.17) is 11.6 Å². The first-order valence-electron chi connectivity index (χ1n) is 5.82. The highest BCUT2D eigenvalue weighted by atomic mass is 35.5. The van der Waals surface area contributed by atoms with Crippen molar-refractivity contribution >= 4 is 23.2 Å². The maximum atomic E-state index is 11.6. The Bertz CT molecular complexity index is 393. The van der Waals surface area contributed by atoms with Crippen molar-refractivity contribution in [2.45, 2.75) is 33.2 Å². The van der Waals surface area contributed by atoms with Crippen LogP contribution in [0, 0.1) is 6.92 Å². The van der Waals surface area contributed by atoms with Gasteiger partial charge < -0.3 is 10.6 Å². The molecule has 0 heterocycles. The normalized spacial score (nSPS) is 12.0. The van der Waals surface area contributed by atoms with Crippen LogP contribution >= 0.6 is 11.6 Å². The molecular weight excluding hydrogens is 236 g/mol. The summed E-state index contributed by atoms with van der Waals surface area (Å²) in [5.74, 6) is 0.00806. The molecule has 17 heavy (non-hydrogen) atoms. The molecule has 0 saturated carbocycles. The highest BCUT2D eigenvalue weighted by molar-refractivity contribution is 6.30. The predicted molar refractivity (Wildman–Crippen MR) is 72.6 cm³/mol. The summed E-state index contributed by atoms with van der Waals surface area (Å²) in [6.45, 7) is 6.28. The summed E-state index contributed by atoms with van der Waals surface area (Å²) in [5.41, 5.74) is 1.97. The predicted octanol–water partition coefficient (Wildman–Crippen LogP) is 2.98. The van der Waals surface area contributed by atoms with E-state index in [2.05, 4.69) is 10.6 Å². The third kappa shape index (κ3) is 4.65. The van der Waals surface area contributed by atoms with Gasteiger partial charge in [-0.3, -0.25) is 4.79 Å². The van der Waals surface area contributed by atoms with Crippen molar-refractivity contribution in [3.63, 3.8) is 0 Å². The second-order valence-corrected chi connectivity index (χ2v) is 4.63. The largest absolute Gasteiger partial charge is 0.376 e. The minimum Gasteiger partial charge on any atom is -0.376 e. The number of benzene rings is 1. The van der Waals surface area contributed by atoms with E-state index in [0.717, 1.165) is 17.7 Å². The molecule has 0 fully saturated rings. The number of amides is 1. The van der Waals surface area contributed by atoms with Gasteiger partial charge in [-0.05, 0) is 44.0 Å². The second kappa shape index (κ2) is 6.50. The molecule has 0 aliphatic heterocycles. The molecule has 3 nitrogen and oxygen atoms in total. The summed E-state index contributed by atoms with van der Waals surface area (Å²) < 4.78 is 0. The number of aryl methyl sites for hydroxylation is 1. The van der Waals surface area contributed by atoms with Crippen molar-refractivity contribution in [3.8, 4) is 0 Å². The molecule has 1 aromatic carbocycles. The van der Waals surface area contributed by atoms with Crippen LogP contribution in [0.25, 0.3) is 0 Å². The molecule has 0 saturated heterocycles. The lowest BCUT2D eigenvalue weighted by Crippen LogP contribution is -2.36. The number of carbonyl (C=O) groups is 1. The van der Waals surface area contributed by atoms with Crippen LogP contribution in [0.2, 0.25) is 5.02 Å². The molecule has 1 unspecified atom stereocenters. The molecule has 1 atom stereocenters. The molecule has 0 aliphatic rings. The molecule has 0 aromatic heterocycles. The number of anilines is 1. The molecule has 4 heteroatoms. The summed E-state index contributed by atoms with van der Waals surface area (Å²) in [6, 6.07) is 5.78. The van der Waals surface area contributed by atoms with Gasteiger partial charge in [-0.15, -0.1) is 0 Å². The minimum atomic E-state index is 0.00806. The van der Waals surface area contributed by atoms with Crippen LogP contribution in [0.4, 0.5) is 5.69 Å². The molecule has 0 spiro atoms. The fraction of sp³-hybridized carbons (Fsp3) is 0.462. The van der Waals surface area contributed by atoms with Gasteiger partial charge in [0.1, 0.15) is 0 Å². The van der Waals surface area contributed by atoms with E-state index < -0.39 is 0 Å². The van der Waals surface area contributed by atoms with Gasteiger partial charge in [0, 0.05) is 16.8 Å². The summed E-state index contributed by atoms with van der Waals surface area (Å²) in [4.78, 5) is 11.6. The van der Waals surface area contributed by atoms with Gasteiger partial charge in [0.15, 0.2) is 0 Å². The average molecular weight is 255 g/mol. The third-order valence-electron chi connectivity index (χ3n) is 2.65. The van der Waals surface area contributed by atoms with Crippen LogP contribution in [0.15, 0.2) is 18.2 Å². The minimum absolute atomic E-state index is 0.00806. The molecule has 1 amide bonds. The number of nitrogens with one attached hydrogen (secondary N) is 2. The van der Waals surface area contributed by atoms with Crippen LogP contribution in [0.1, 0.15) is 25.8 Å². The lowest BCUT2D eigenvalue weighted by molar-refractivity contribution is -0.120. The monoisotopic (exact) mass is 254 g/mol. The van der Waals surface area contributed by atoms with E-state index >= 15 is 0 Å². The highest BCUT2D eigenvalue weighted by Crippen LogP contribution is 2.19. The SMILES string of the molecule is CCC(C)NC(=O)CNc1ccc(Cl)cc1C. The zero-order valence-corrected chi connectivity index (χ0v) is 11.3. The maximum Gasteiger partial charge on any atom is 0.239 e. The van der Waals surface area contributed by atoms with Crippen molar-refractivity contribution in [2.75, 3.05) is 11.9 Å². The van der Waals surface area contributed by atoms with Crippen molar-refractivity contribution in [1.29, 1.82) is 0 Å². The second-order valence-electron chi connectivity index (χ2n) is 4.19. The van der Waals surface area contributed by atoms with Gasteiger partial charge in [-0.1, -0.05) is 18.5 Å². The zero-order chi connectivity index (χ0) is 12.8. The fourth-order valence-electron chi connectivity index (χ4n) is 1.43. The Morgan fingerprint density at radius 2 is 2.18 bits per heavy atom. The van der Waals surface area contributed by atoms with Gasteiger partial charge in [0.25, 0.3) is 0 Å². The van der Waals surface area contributed by atoms with Crippen LogP contribution < -0.4 is 10.6 Å². The lowest BCUT2D eigenvalue weighted by Gasteiger charge is -2.13. The molecule has 2 N–H and O–H groups in total. The number of carbonyl (C=O) groups excluding carboxylic acids is 1. The number of halogens is 1. The van der Waals surface area contributed by atoms with E-state index in [0.29, 0.717) is 5.02 Å². The zero-order valence-electron chi connectivity index (χ0n) is 10.5. The molecular formula is C13H19ClN2O.